The van der Waals surface area contributed by atoms with E-state index in [9.17, 15) is 9.18 Å². The zero-order valence-corrected chi connectivity index (χ0v) is 8.27. The van der Waals surface area contributed by atoms with Crippen LogP contribution in [0.25, 0.3) is 0 Å². The van der Waals surface area contributed by atoms with Crippen molar-refractivity contribution in [3.8, 4) is 5.75 Å². The fraction of sp³-hybridized carbons (Fsp3) is 0.222. The summed E-state index contributed by atoms with van der Waals surface area (Å²) in [5.74, 6) is -1.29. The molecule has 0 radical (unpaired) electrons. The Morgan fingerprint density at radius 3 is 2.79 bits per heavy atom. The van der Waals surface area contributed by atoms with Gasteiger partial charge in [-0.25, -0.2) is 4.39 Å². The Balaban J connectivity index is 3.32. The van der Waals surface area contributed by atoms with Crippen molar-refractivity contribution in [2.45, 2.75) is 0 Å². The Morgan fingerprint density at radius 1 is 1.64 bits per heavy atom. The molecule has 0 aliphatic heterocycles. The van der Waals surface area contributed by atoms with E-state index in [1.54, 1.807) is 0 Å². The molecule has 0 saturated carbocycles. The third kappa shape index (κ3) is 1.80. The fourth-order valence-corrected chi connectivity index (χ4v) is 1.24. The molecule has 1 aromatic rings. The predicted molar refractivity (Wildman–Crippen MR) is 52.4 cm³/mol. The van der Waals surface area contributed by atoms with Gasteiger partial charge in [0.2, 0.25) is 0 Å². The third-order valence-corrected chi connectivity index (χ3v) is 2.02. The number of nitrogens with two attached hydrogens (primary N) is 1. The molecular weight excluding hydrogens is 209 g/mol. The maximum absolute atomic E-state index is 13.2. The van der Waals surface area contributed by atoms with Crippen LogP contribution in [-0.4, -0.2) is 18.8 Å². The zero-order valence-electron chi connectivity index (χ0n) is 7.51. The number of hydrogen-bond donors (Lipinski definition) is 1. The molecule has 1 rings (SSSR count). The van der Waals surface area contributed by atoms with E-state index in [-0.39, 0.29) is 22.9 Å². The Morgan fingerprint density at radius 2 is 2.29 bits per heavy atom. The first-order chi connectivity index (χ1) is 6.61. The summed E-state index contributed by atoms with van der Waals surface area (Å²) in [5.41, 5.74) is 5.30. The lowest BCUT2D eigenvalue weighted by Gasteiger charge is -2.08. The lowest BCUT2D eigenvalue weighted by atomic mass is 10.1. The number of halogens is 2. The van der Waals surface area contributed by atoms with Gasteiger partial charge in [0.15, 0.2) is 5.78 Å². The van der Waals surface area contributed by atoms with Gasteiger partial charge in [-0.3, -0.25) is 4.79 Å². The summed E-state index contributed by atoms with van der Waals surface area (Å²) in [6, 6.07) is 2.48. The monoisotopic (exact) mass is 217 g/mol. The molecule has 0 aromatic heterocycles. The summed E-state index contributed by atoms with van der Waals surface area (Å²) in [7, 11) is 1.39. The number of alkyl halides is 1. The maximum atomic E-state index is 13.2. The molecule has 5 heteroatoms. The molecule has 14 heavy (non-hydrogen) atoms. The Kier molecular flexibility index (Phi) is 3.30. The molecule has 0 saturated heterocycles. The summed E-state index contributed by atoms with van der Waals surface area (Å²) in [4.78, 5) is 11.2. The number of Topliss-reactive ketones (excluding diaryl/α,β-unsaturated/α-hetero) is 1. The highest BCUT2D eigenvalue weighted by molar-refractivity contribution is 6.31. The molecule has 0 bridgehead atoms. The number of methoxy groups -OCH3 is 1. The fourth-order valence-electron chi connectivity index (χ4n) is 1.10. The summed E-state index contributed by atoms with van der Waals surface area (Å²) in [5, 5.41) is 0. The topological polar surface area (TPSA) is 52.3 Å². The van der Waals surface area contributed by atoms with Gasteiger partial charge in [-0.1, -0.05) is 0 Å². The average Bonchev–Trinajstić information content (AvgIpc) is 2.18. The number of nitrogen functional groups attached to an aromatic ring is 1. The van der Waals surface area contributed by atoms with Crippen LogP contribution in [0.15, 0.2) is 12.1 Å². The van der Waals surface area contributed by atoms with Crippen LogP contribution in [0.1, 0.15) is 10.4 Å². The first-order valence-electron chi connectivity index (χ1n) is 3.83. The minimum absolute atomic E-state index is 0.0156. The molecule has 0 amide bonds. The minimum atomic E-state index is -0.686. The molecule has 2 N–H and O–H groups in total. The van der Waals surface area contributed by atoms with Crippen molar-refractivity contribution in [1.82, 2.24) is 0 Å². The quantitative estimate of drug-likeness (QED) is 0.478. The Labute approximate surface area is 85.6 Å². The van der Waals surface area contributed by atoms with Crippen LogP contribution >= 0.6 is 11.6 Å². The van der Waals surface area contributed by atoms with Crippen molar-refractivity contribution in [1.29, 1.82) is 0 Å². The van der Waals surface area contributed by atoms with Crippen LogP contribution in [-0.2, 0) is 0 Å². The summed E-state index contributed by atoms with van der Waals surface area (Å²) >= 11 is 5.31. The largest absolute Gasteiger partial charge is 0.495 e. The maximum Gasteiger partial charge on any atom is 0.182 e. The molecule has 0 atom stereocenters. The number of carbonyl (C=O) groups is 1. The lowest BCUT2D eigenvalue weighted by molar-refractivity contribution is 0.101. The van der Waals surface area contributed by atoms with Crippen LogP contribution in [0.2, 0.25) is 0 Å². The van der Waals surface area contributed by atoms with Crippen LogP contribution in [0.3, 0.4) is 0 Å². The molecule has 1 aromatic carbocycles. The van der Waals surface area contributed by atoms with Crippen molar-refractivity contribution in [3.63, 3.8) is 0 Å². The SMILES string of the molecule is COc1ccc(F)c(C(=O)CCl)c1N. The number of hydrogen-bond acceptors (Lipinski definition) is 3. The molecule has 3 nitrogen and oxygen atoms in total. The molecule has 0 unspecified atom stereocenters. The van der Waals surface area contributed by atoms with Crippen molar-refractivity contribution in [2.24, 2.45) is 0 Å². The molecule has 0 fully saturated rings. The van der Waals surface area contributed by atoms with Crippen LogP contribution in [0, 0.1) is 5.82 Å². The number of ketones is 1. The van der Waals surface area contributed by atoms with Crippen molar-refractivity contribution in [2.75, 3.05) is 18.7 Å². The van der Waals surface area contributed by atoms with Gasteiger partial charge in [-0.15, -0.1) is 11.6 Å². The van der Waals surface area contributed by atoms with E-state index < -0.39 is 11.6 Å². The Hall–Kier alpha value is -1.29. The van der Waals surface area contributed by atoms with Crippen LogP contribution < -0.4 is 10.5 Å². The lowest BCUT2D eigenvalue weighted by Crippen LogP contribution is -2.09. The number of carbonyl (C=O) groups excluding carboxylic acids is 1. The highest BCUT2D eigenvalue weighted by Crippen LogP contribution is 2.27. The van der Waals surface area contributed by atoms with Gasteiger partial charge < -0.3 is 10.5 Å². The van der Waals surface area contributed by atoms with Gasteiger partial charge in [-0.05, 0) is 12.1 Å². The normalized spacial score (nSPS) is 9.93. The third-order valence-electron chi connectivity index (χ3n) is 1.77. The number of anilines is 1. The van der Waals surface area contributed by atoms with E-state index in [4.69, 9.17) is 22.1 Å². The smallest absolute Gasteiger partial charge is 0.182 e. The summed E-state index contributed by atoms with van der Waals surface area (Å²) < 4.78 is 18.0. The standard InChI is InChI=1S/C9H9ClFNO2/c1-14-7-3-2-5(11)8(9(7)12)6(13)4-10/h2-3H,4,12H2,1H3. The second-order valence-electron chi connectivity index (χ2n) is 2.60. The molecule has 0 spiro atoms. The van der Waals surface area contributed by atoms with Crippen molar-refractivity contribution in [3.05, 3.63) is 23.5 Å². The average molecular weight is 218 g/mol. The zero-order chi connectivity index (χ0) is 10.7. The second-order valence-corrected chi connectivity index (χ2v) is 2.86. The van der Waals surface area contributed by atoms with E-state index in [1.165, 1.54) is 13.2 Å². The van der Waals surface area contributed by atoms with E-state index in [1.807, 2.05) is 0 Å². The summed E-state index contributed by atoms with van der Waals surface area (Å²) in [6.07, 6.45) is 0. The van der Waals surface area contributed by atoms with Gasteiger partial charge in [-0.2, -0.15) is 0 Å². The van der Waals surface area contributed by atoms with Crippen LogP contribution in [0.4, 0.5) is 10.1 Å². The van der Waals surface area contributed by atoms with Crippen molar-refractivity contribution < 1.29 is 13.9 Å². The van der Waals surface area contributed by atoms with Gasteiger partial charge in [0.1, 0.15) is 11.6 Å². The minimum Gasteiger partial charge on any atom is -0.495 e. The van der Waals surface area contributed by atoms with E-state index in [0.29, 0.717) is 0 Å². The van der Waals surface area contributed by atoms with E-state index >= 15 is 0 Å². The van der Waals surface area contributed by atoms with Gasteiger partial charge in [0, 0.05) is 0 Å². The number of ether oxygens (including phenoxy) is 1. The Bertz CT molecular complexity index is 368. The second kappa shape index (κ2) is 4.28. The highest BCUT2D eigenvalue weighted by Gasteiger charge is 2.17. The summed E-state index contributed by atoms with van der Waals surface area (Å²) in [6.45, 7) is 0. The highest BCUT2D eigenvalue weighted by atomic mass is 35.5. The van der Waals surface area contributed by atoms with Gasteiger partial charge >= 0.3 is 0 Å². The number of rotatable bonds is 3. The molecule has 0 aliphatic rings. The number of benzene rings is 1. The first kappa shape index (κ1) is 10.8. The molecule has 0 aliphatic carbocycles. The van der Waals surface area contributed by atoms with E-state index in [2.05, 4.69) is 0 Å². The van der Waals surface area contributed by atoms with Crippen LogP contribution in [0.5, 0.6) is 5.75 Å². The van der Waals surface area contributed by atoms with Gasteiger partial charge in [0.25, 0.3) is 0 Å². The van der Waals surface area contributed by atoms with Gasteiger partial charge in [0.05, 0.1) is 24.2 Å². The molecule has 76 valence electrons. The molecular formula is C9H9ClFNO2. The molecule has 0 heterocycles. The predicted octanol–water partition coefficient (Wildman–Crippen LogP) is 1.84. The van der Waals surface area contributed by atoms with E-state index in [0.717, 1.165) is 6.07 Å². The van der Waals surface area contributed by atoms with Crippen molar-refractivity contribution >= 4 is 23.1 Å². The first-order valence-corrected chi connectivity index (χ1v) is 4.36.